The maximum absolute atomic E-state index is 14.4. The molecule has 0 unspecified atom stereocenters. The lowest BCUT2D eigenvalue weighted by Crippen LogP contribution is -2.22. The van der Waals surface area contributed by atoms with E-state index in [0.29, 0.717) is 0 Å². The van der Waals surface area contributed by atoms with Gasteiger partial charge in [0.25, 0.3) is 0 Å². The predicted molar refractivity (Wildman–Crippen MR) is 81.2 cm³/mol. The van der Waals surface area contributed by atoms with Crippen LogP contribution in [0.15, 0.2) is 46.9 Å². The molecule has 0 amide bonds. The summed E-state index contributed by atoms with van der Waals surface area (Å²) in [5.41, 5.74) is 3.56. The van der Waals surface area contributed by atoms with Gasteiger partial charge in [0.15, 0.2) is 0 Å². The lowest BCUT2D eigenvalue weighted by Gasteiger charge is -2.37. The minimum absolute atomic E-state index is 0.0701. The summed E-state index contributed by atoms with van der Waals surface area (Å²) < 4.78 is 20.6. The number of ether oxygens (including phenoxy) is 1. The molecule has 110 valence electrons. The van der Waals surface area contributed by atoms with Crippen LogP contribution in [0.25, 0.3) is 0 Å². The van der Waals surface area contributed by atoms with E-state index in [1.54, 1.807) is 12.1 Å². The first-order chi connectivity index (χ1) is 10.3. The molecular weight excluding hydrogens is 263 g/mol. The highest BCUT2D eigenvalue weighted by molar-refractivity contribution is 5.45. The first-order valence-electron chi connectivity index (χ1n) is 8.20. The largest absolute Gasteiger partial charge is 0.466 e. The first kappa shape index (κ1) is 13.1. The van der Waals surface area contributed by atoms with Crippen LogP contribution in [0.5, 0.6) is 0 Å². The molecule has 0 N–H and O–H groups in total. The second-order valence-corrected chi connectivity index (χ2v) is 6.37. The van der Waals surface area contributed by atoms with Crippen molar-refractivity contribution in [1.29, 1.82) is 0 Å². The molecule has 4 rings (SSSR count). The SMILES string of the molecule is Fc1ccccc1C1C2=C(CCCC2)OC2=C1CCCC2. The van der Waals surface area contributed by atoms with E-state index in [4.69, 9.17) is 4.74 Å². The Labute approximate surface area is 125 Å². The molecule has 21 heavy (non-hydrogen) atoms. The van der Waals surface area contributed by atoms with E-state index in [1.165, 1.54) is 36.8 Å². The molecule has 0 bridgehead atoms. The number of benzene rings is 1. The van der Waals surface area contributed by atoms with E-state index in [-0.39, 0.29) is 11.7 Å². The van der Waals surface area contributed by atoms with Gasteiger partial charge in [-0.15, -0.1) is 0 Å². The van der Waals surface area contributed by atoms with Crippen LogP contribution in [0.3, 0.4) is 0 Å². The number of allylic oxidation sites excluding steroid dienone is 4. The fourth-order valence-electron chi connectivity index (χ4n) is 4.09. The maximum Gasteiger partial charge on any atom is 0.127 e. The minimum atomic E-state index is -0.0701. The molecular formula is C19H21FO. The first-order valence-corrected chi connectivity index (χ1v) is 8.20. The van der Waals surface area contributed by atoms with Crippen molar-refractivity contribution in [2.24, 2.45) is 0 Å². The average molecular weight is 284 g/mol. The molecule has 1 aromatic carbocycles. The predicted octanol–water partition coefficient (Wildman–Crippen LogP) is 5.60. The molecule has 0 atom stereocenters. The van der Waals surface area contributed by atoms with Crippen LogP contribution >= 0.6 is 0 Å². The van der Waals surface area contributed by atoms with E-state index < -0.39 is 0 Å². The molecule has 1 nitrogen and oxygen atoms in total. The molecule has 1 heterocycles. The summed E-state index contributed by atoms with van der Waals surface area (Å²) in [6.07, 6.45) is 8.98. The van der Waals surface area contributed by atoms with Crippen molar-refractivity contribution in [3.8, 4) is 0 Å². The Morgan fingerprint density at radius 2 is 1.38 bits per heavy atom. The van der Waals surface area contributed by atoms with Gasteiger partial charge in [-0.1, -0.05) is 18.2 Å². The van der Waals surface area contributed by atoms with Gasteiger partial charge in [0.05, 0.1) is 0 Å². The van der Waals surface area contributed by atoms with Crippen LogP contribution in [-0.4, -0.2) is 0 Å². The van der Waals surface area contributed by atoms with Crippen LogP contribution in [0.1, 0.15) is 62.8 Å². The molecule has 1 aromatic rings. The summed E-state index contributed by atoms with van der Waals surface area (Å²) in [7, 11) is 0. The molecule has 0 fully saturated rings. The zero-order valence-corrected chi connectivity index (χ0v) is 12.3. The summed E-state index contributed by atoms with van der Waals surface area (Å²) >= 11 is 0. The summed E-state index contributed by atoms with van der Waals surface area (Å²) in [5, 5.41) is 0. The normalized spacial score (nSPS) is 22.7. The summed E-state index contributed by atoms with van der Waals surface area (Å²) in [6.45, 7) is 0. The maximum atomic E-state index is 14.4. The van der Waals surface area contributed by atoms with Gasteiger partial charge < -0.3 is 4.74 Å². The van der Waals surface area contributed by atoms with Crippen molar-refractivity contribution < 1.29 is 9.13 Å². The van der Waals surface area contributed by atoms with E-state index in [0.717, 1.165) is 42.8 Å². The van der Waals surface area contributed by atoms with E-state index in [2.05, 4.69) is 0 Å². The Hall–Kier alpha value is -1.57. The van der Waals surface area contributed by atoms with Gasteiger partial charge in [0.1, 0.15) is 17.3 Å². The van der Waals surface area contributed by atoms with Gasteiger partial charge in [-0.25, -0.2) is 4.39 Å². The Morgan fingerprint density at radius 3 is 2.00 bits per heavy atom. The van der Waals surface area contributed by atoms with Gasteiger partial charge in [-0.05, 0) is 61.3 Å². The minimum Gasteiger partial charge on any atom is -0.466 e. The second-order valence-electron chi connectivity index (χ2n) is 6.37. The number of hydrogen-bond donors (Lipinski definition) is 0. The smallest absolute Gasteiger partial charge is 0.127 e. The van der Waals surface area contributed by atoms with Crippen molar-refractivity contribution in [3.05, 3.63) is 58.3 Å². The molecule has 0 aromatic heterocycles. The second kappa shape index (κ2) is 5.32. The van der Waals surface area contributed by atoms with Crippen molar-refractivity contribution in [2.75, 3.05) is 0 Å². The lowest BCUT2D eigenvalue weighted by atomic mass is 9.74. The zero-order valence-electron chi connectivity index (χ0n) is 12.3. The lowest BCUT2D eigenvalue weighted by molar-refractivity contribution is 0.227. The fraction of sp³-hybridized carbons (Fsp3) is 0.474. The third-order valence-electron chi connectivity index (χ3n) is 5.08. The number of hydrogen-bond acceptors (Lipinski definition) is 1. The van der Waals surface area contributed by atoms with Crippen molar-refractivity contribution >= 4 is 0 Å². The molecule has 0 saturated carbocycles. The third kappa shape index (κ3) is 2.21. The summed E-state index contributed by atoms with van der Waals surface area (Å²) in [5.74, 6) is 2.37. The van der Waals surface area contributed by atoms with E-state index >= 15 is 0 Å². The Bertz CT molecular complexity index is 594. The quantitative estimate of drug-likeness (QED) is 0.652. The number of rotatable bonds is 1. The fourth-order valence-corrected chi connectivity index (χ4v) is 4.09. The Balaban J connectivity index is 1.85. The van der Waals surface area contributed by atoms with Gasteiger partial charge in [0.2, 0.25) is 0 Å². The number of halogens is 1. The van der Waals surface area contributed by atoms with Gasteiger partial charge in [0, 0.05) is 18.8 Å². The van der Waals surface area contributed by atoms with Crippen LogP contribution in [0.4, 0.5) is 4.39 Å². The molecule has 2 heteroatoms. The van der Waals surface area contributed by atoms with Crippen molar-refractivity contribution in [3.63, 3.8) is 0 Å². The topological polar surface area (TPSA) is 9.23 Å². The van der Waals surface area contributed by atoms with Gasteiger partial charge >= 0.3 is 0 Å². The molecule has 0 radical (unpaired) electrons. The molecule has 0 spiro atoms. The highest BCUT2D eigenvalue weighted by Gasteiger charge is 2.35. The Morgan fingerprint density at radius 1 is 0.810 bits per heavy atom. The van der Waals surface area contributed by atoms with Crippen LogP contribution in [0.2, 0.25) is 0 Å². The molecule has 3 aliphatic rings. The van der Waals surface area contributed by atoms with Crippen LogP contribution < -0.4 is 0 Å². The highest BCUT2D eigenvalue weighted by Crippen LogP contribution is 2.49. The van der Waals surface area contributed by atoms with E-state index in [9.17, 15) is 4.39 Å². The third-order valence-corrected chi connectivity index (χ3v) is 5.08. The summed E-state index contributed by atoms with van der Waals surface area (Å²) in [4.78, 5) is 0. The molecule has 0 saturated heterocycles. The van der Waals surface area contributed by atoms with Crippen LogP contribution in [-0.2, 0) is 4.74 Å². The standard InChI is InChI=1S/C19H21FO/c20-16-10-4-1-7-13(16)19-14-8-2-5-11-17(14)21-18-12-6-3-9-15(18)19/h1,4,7,10,19H,2-3,5-6,8-9,11-12H2. The van der Waals surface area contributed by atoms with Crippen molar-refractivity contribution in [2.45, 2.75) is 57.3 Å². The molecule has 1 aliphatic heterocycles. The zero-order chi connectivity index (χ0) is 14.2. The van der Waals surface area contributed by atoms with Crippen molar-refractivity contribution in [1.82, 2.24) is 0 Å². The average Bonchev–Trinajstić information content (AvgIpc) is 2.53. The Kier molecular flexibility index (Phi) is 3.33. The summed E-state index contributed by atoms with van der Waals surface area (Å²) in [6, 6.07) is 7.30. The van der Waals surface area contributed by atoms with Crippen LogP contribution in [0, 0.1) is 5.82 Å². The van der Waals surface area contributed by atoms with E-state index in [1.807, 2.05) is 12.1 Å². The highest BCUT2D eigenvalue weighted by atomic mass is 19.1. The van der Waals surface area contributed by atoms with Gasteiger partial charge in [-0.2, -0.15) is 0 Å². The van der Waals surface area contributed by atoms with Gasteiger partial charge in [-0.3, -0.25) is 0 Å². The molecule has 2 aliphatic carbocycles. The monoisotopic (exact) mass is 284 g/mol.